The standard InChI is InChI=1S/C24H28N2O4/c1-17(2)11-12-29-23-10-9-19-13-22(30-16-18-7-5-4-6-8-18)21(14-20(19)26-23)25-15-24(27)28-3/h4-10,13-14,17,25H,11-12,15-16H2,1-3H3. The molecular formula is C24H28N2O4. The Kier molecular flexibility index (Phi) is 7.49. The zero-order chi connectivity index (χ0) is 21.3. The van der Waals surface area contributed by atoms with E-state index in [1.165, 1.54) is 7.11 Å². The lowest BCUT2D eigenvalue weighted by Gasteiger charge is -2.15. The highest BCUT2D eigenvalue weighted by Crippen LogP contribution is 2.31. The van der Waals surface area contributed by atoms with Crippen LogP contribution in [0, 0.1) is 5.92 Å². The van der Waals surface area contributed by atoms with Crippen LogP contribution in [0.3, 0.4) is 0 Å². The highest BCUT2D eigenvalue weighted by molar-refractivity contribution is 5.87. The lowest BCUT2D eigenvalue weighted by molar-refractivity contribution is -0.138. The average Bonchev–Trinajstić information content (AvgIpc) is 2.76. The number of pyridine rings is 1. The number of anilines is 1. The summed E-state index contributed by atoms with van der Waals surface area (Å²) in [4.78, 5) is 16.2. The monoisotopic (exact) mass is 408 g/mol. The predicted molar refractivity (Wildman–Crippen MR) is 118 cm³/mol. The van der Waals surface area contributed by atoms with Gasteiger partial charge in [0.1, 0.15) is 18.9 Å². The molecule has 1 N–H and O–H groups in total. The van der Waals surface area contributed by atoms with Crippen LogP contribution in [0.5, 0.6) is 11.6 Å². The fourth-order valence-electron chi connectivity index (χ4n) is 2.84. The second-order valence-electron chi connectivity index (χ2n) is 7.43. The molecule has 0 aliphatic rings. The maximum absolute atomic E-state index is 11.6. The maximum Gasteiger partial charge on any atom is 0.325 e. The minimum atomic E-state index is -0.358. The number of benzene rings is 2. The second kappa shape index (κ2) is 10.5. The molecule has 0 spiro atoms. The number of carbonyl (C=O) groups is 1. The Hall–Kier alpha value is -3.28. The summed E-state index contributed by atoms with van der Waals surface area (Å²) in [5.41, 5.74) is 2.50. The molecule has 0 radical (unpaired) electrons. The smallest absolute Gasteiger partial charge is 0.325 e. The number of aromatic nitrogens is 1. The Morgan fingerprint density at radius 1 is 1.07 bits per heavy atom. The average molecular weight is 408 g/mol. The third kappa shape index (κ3) is 6.11. The van der Waals surface area contributed by atoms with Crippen molar-refractivity contribution in [1.82, 2.24) is 4.98 Å². The SMILES string of the molecule is COC(=O)CNc1cc2nc(OCCC(C)C)ccc2cc1OCc1ccccc1. The van der Waals surface area contributed by atoms with Gasteiger partial charge in [-0.2, -0.15) is 0 Å². The van der Waals surface area contributed by atoms with Gasteiger partial charge in [0.2, 0.25) is 5.88 Å². The molecule has 0 atom stereocenters. The molecule has 6 nitrogen and oxygen atoms in total. The van der Waals surface area contributed by atoms with E-state index in [2.05, 4.69) is 24.1 Å². The number of methoxy groups -OCH3 is 1. The molecule has 0 fully saturated rings. The summed E-state index contributed by atoms with van der Waals surface area (Å²) < 4.78 is 16.6. The molecule has 0 unspecified atom stereocenters. The first kappa shape index (κ1) is 21.4. The van der Waals surface area contributed by atoms with Crippen molar-refractivity contribution in [3.05, 3.63) is 60.2 Å². The number of carbonyl (C=O) groups excluding carboxylic acids is 1. The summed E-state index contributed by atoms with van der Waals surface area (Å²) in [6, 6.07) is 17.5. The van der Waals surface area contributed by atoms with Crippen molar-refractivity contribution < 1.29 is 19.0 Å². The topological polar surface area (TPSA) is 69.7 Å². The van der Waals surface area contributed by atoms with Crippen LogP contribution in [-0.4, -0.2) is 31.2 Å². The van der Waals surface area contributed by atoms with Crippen LogP contribution in [0.4, 0.5) is 5.69 Å². The summed E-state index contributed by atoms with van der Waals surface area (Å²) in [7, 11) is 1.36. The lowest BCUT2D eigenvalue weighted by atomic mass is 10.1. The number of esters is 1. The van der Waals surface area contributed by atoms with Gasteiger partial charge in [0.05, 0.1) is 24.9 Å². The number of hydrogen-bond acceptors (Lipinski definition) is 6. The molecule has 3 aromatic rings. The minimum absolute atomic E-state index is 0.0360. The van der Waals surface area contributed by atoms with Crippen molar-refractivity contribution in [1.29, 1.82) is 0 Å². The molecule has 0 amide bonds. The number of nitrogens with zero attached hydrogens (tertiary/aromatic N) is 1. The van der Waals surface area contributed by atoms with Gasteiger partial charge in [0.25, 0.3) is 0 Å². The van der Waals surface area contributed by atoms with E-state index in [0.29, 0.717) is 36.4 Å². The molecular weight excluding hydrogens is 380 g/mol. The lowest BCUT2D eigenvalue weighted by Crippen LogP contribution is -2.15. The van der Waals surface area contributed by atoms with Gasteiger partial charge in [-0.25, -0.2) is 4.98 Å². The Morgan fingerprint density at radius 3 is 2.60 bits per heavy atom. The van der Waals surface area contributed by atoms with Crippen molar-refractivity contribution in [3.8, 4) is 11.6 Å². The van der Waals surface area contributed by atoms with Crippen molar-refractivity contribution in [2.24, 2.45) is 5.92 Å². The van der Waals surface area contributed by atoms with Crippen LogP contribution < -0.4 is 14.8 Å². The fraction of sp³-hybridized carbons (Fsp3) is 0.333. The second-order valence-corrected chi connectivity index (χ2v) is 7.43. The molecule has 1 heterocycles. The van der Waals surface area contributed by atoms with Crippen LogP contribution >= 0.6 is 0 Å². The molecule has 0 aliphatic carbocycles. The predicted octanol–water partition coefficient (Wildman–Crippen LogP) is 4.82. The first-order chi connectivity index (χ1) is 14.5. The van der Waals surface area contributed by atoms with Crippen LogP contribution in [-0.2, 0) is 16.1 Å². The van der Waals surface area contributed by atoms with Crippen molar-refractivity contribution in [2.75, 3.05) is 25.6 Å². The normalized spacial score (nSPS) is 10.8. The number of nitrogens with one attached hydrogen (secondary N) is 1. The van der Waals surface area contributed by atoms with E-state index >= 15 is 0 Å². The molecule has 0 saturated carbocycles. The molecule has 2 aromatic carbocycles. The molecule has 6 heteroatoms. The van der Waals surface area contributed by atoms with Crippen LogP contribution in [0.1, 0.15) is 25.8 Å². The third-order valence-corrected chi connectivity index (χ3v) is 4.60. The van der Waals surface area contributed by atoms with Crippen molar-refractivity contribution in [2.45, 2.75) is 26.9 Å². The largest absolute Gasteiger partial charge is 0.487 e. The molecule has 1 aromatic heterocycles. The summed E-state index contributed by atoms with van der Waals surface area (Å²) in [5, 5.41) is 4.02. The van der Waals surface area contributed by atoms with Gasteiger partial charge in [-0.3, -0.25) is 4.79 Å². The van der Waals surface area contributed by atoms with Gasteiger partial charge >= 0.3 is 5.97 Å². The van der Waals surface area contributed by atoms with Crippen LogP contribution in [0.25, 0.3) is 10.9 Å². The van der Waals surface area contributed by atoms with Gasteiger partial charge in [-0.1, -0.05) is 44.2 Å². The number of fused-ring (bicyclic) bond motifs is 1. The zero-order valence-corrected chi connectivity index (χ0v) is 17.7. The quantitative estimate of drug-likeness (QED) is 0.485. The van der Waals surface area contributed by atoms with Crippen LogP contribution in [0.2, 0.25) is 0 Å². The number of hydrogen-bond donors (Lipinski definition) is 1. The van der Waals surface area contributed by atoms with Gasteiger partial charge in [0.15, 0.2) is 0 Å². The Labute approximate surface area is 177 Å². The number of ether oxygens (including phenoxy) is 3. The summed E-state index contributed by atoms with van der Waals surface area (Å²) in [5.74, 6) is 1.44. The number of rotatable bonds is 10. The van der Waals surface area contributed by atoms with E-state index < -0.39 is 0 Å². The zero-order valence-electron chi connectivity index (χ0n) is 17.7. The molecule has 0 bridgehead atoms. The third-order valence-electron chi connectivity index (χ3n) is 4.60. The minimum Gasteiger partial charge on any atom is -0.487 e. The van der Waals surface area contributed by atoms with Crippen molar-refractivity contribution in [3.63, 3.8) is 0 Å². The highest BCUT2D eigenvalue weighted by atomic mass is 16.5. The first-order valence-corrected chi connectivity index (χ1v) is 10.1. The molecule has 0 aliphatic heterocycles. The Balaban J connectivity index is 1.83. The molecule has 30 heavy (non-hydrogen) atoms. The maximum atomic E-state index is 11.6. The fourth-order valence-corrected chi connectivity index (χ4v) is 2.84. The van der Waals surface area contributed by atoms with E-state index in [1.807, 2.05) is 54.6 Å². The molecule has 0 saturated heterocycles. The van der Waals surface area contributed by atoms with E-state index in [4.69, 9.17) is 14.2 Å². The van der Waals surface area contributed by atoms with E-state index in [-0.39, 0.29) is 12.5 Å². The van der Waals surface area contributed by atoms with E-state index in [0.717, 1.165) is 22.9 Å². The van der Waals surface area contributed by atoms with Gasteiger partial charge in [-0.15, -0.1) is 0 Å². The Bertz CT molecular complexity index is 974. The van der Waals surface area contributed by atoms with Gasteiger partial charge in [-0.05, 0) is 36.1 Å². The first-order valence-electron chi connectivity index (χ1n) is 10.1. The summed E-state index contributed by atoms with van der Waals surface area (Å²) >= 11 is 0. The van der Waals surface area contributed by atoms with E-state index in [1.54, 1.807) is 0 Å². The van der Waals surface area contributed by atoms with Crippen LogP contribution in [0.15, 0.2) is 54.6 Å². The highest BCUT2D eigenvalue weighted by Gasteiger charge is 2.11. The van der Waals surface area contributed by atoms with Gasteiger partial charge in [0, 0.05) is 11.5 Å². The summed E-state index contributed by atoms with van der Waals surface area (Å²) in [6.45, 7) is 5.40. The van der Waals surface area contributed by atoms with E-state index in [9.17, 15) is 4.79 Å². The summed E-state index contributed by atoms with van der Waals surface area (Å²) in [6.07, 6.45) is 0.970. The molecule has 158 valence electrons. The molecule has 3 rings (SSSR count). The Morgan fingerprint density at radius 2 is 1.87 bits per heavy atom. The van der Waals surface area contributed by atoms with Gasteiger partial charge < -0.3 is 19.5 Å². The van der Waals surface area contributed by atoms with Crippen molar-refractivity contribution >= 4 is 22.6 Å².